The fourth-order valence-electron chi connectivity index (χ4n) is 1.97. The smallest absolute Gasteiger partial charge is 0.165 e. The molecule has 102 valence electrons. The van der Waals surface area contributed by atoms with Crippen molar-refractivity contribution in [2.45, 2.75) is 32.9 Å². The molecule has 0 saturated heterocycles. The van der Waals surface area contributed by atoms with E-state index in [4.69, 9.17) is 0 Å². The van der Waals surface area contributed by atoms with E-state index in [0.717, 1.165) is 20.3 Å². The van der Waals surface area contributed by atoms with Crippen LogP contribution in [0.25, 0.3) is 11.4 Å². The molecule has 0 fully saturated rings. The predicted molar refractivity (Wildman–Crippen MR) is 81.8 cm³/mol. The summed E-state index contributed by atoms with van der Waals surface area (Å²) in [5.74, 6) is 1.30. The largest absolute Gasteiger partial charge is 0.388 e. The average Bonchev–Trinajstić information content (AvgIpc) is 2.75. The van der Waals surface area contributed by atoms with Crippen molar-refractivity contribution in [1.82, 2.24) is 14.8 Å². The number of hydrogen-bond acceptors (Lipinski definition) is 3. The molecule has 0 spiro atoms. The predicted octanol–water partition coefficient (Wildman–Crippen LogP) is 3.72. The van der Waals surface area contributed by atoms with Crippen molar-refractivity contribution in [3.8, 4) is 11.4 Å². The fraction of sp³-hybridized carbons (Fsp3) is 0.385. The Hall–Kier alpha value is -0.720. The van der Waals surface area contributed by atoms with Gasteiger partial charge in [0, 0.05) is 20.0 Å². The summed E-state index contributed by atoms with van der Waals surface area (Å²) >= 11 is 7.00. The van der Waals surface area contributed by atoms with Gasteiger partial charge in [0.2, 0.25) is 0 Å². The van der Waals surface area contributed by atoms with Crippen LogP contribution < -0.4 is 0 Å². The van der Waals surface area contributed by atoms with Crippen LogP contribution in [0.3, 0.4) is 0 Å². The van der Waals surface area contributed by atoms with Gasteiger partial charge in [-0.3, -0.25) is 0 Å². The number of aliphatic hydroxyl groups is 1. The van der Waals surface area contributed by atoms with Crippen molar-refractivity contribution in [1.29, 1.82) is 0 Å². The molecule has 2 aromatic rings. The number of aromatic nitrogens is 3. The number of halogens is 2. The maximum atomic E-state index is 9.42. The summed E-state index contributed by atoms with van der Waals surface area (Å²) in [5.41, 5.74) is 0.732. The first-order valence-electron chi connectivity index (χ1n) is 5.85. The van der Waals surface area contributed by atoms with E-state index in [1.807, 2.05) is 22.8 Å². The summed E-state index contributed by atoms with van der Waals surface area (Å²) in [6, 6.07) is 5.90. The van der Waals surface area contributed by atoms with Crippen molar-refractivity contribution in [2.75, 3.05) is 0 Å². The molecule has 1 heterocycles. The highest BCUT2D eigenvalue weighted by molar-refractivity contribution is 9.11. The zero-order valence-electron chi connectivity index (χ0n) is 11.0. The SMILES string of the molecule is CC(C)(C)n1c(CO)nnc1-c1cc(Br)ccc1Br. The molecule has 1 aromatic carbocycles. The van der Waals surface area contributed by atoms with Crippen LogP contribution in [0.15, 0.2) is 27.1 Å². The van der Waals surface area contributed by atoms with E-state index in [-0.39, 0.29) is 12.1 Å². The molecule has 0 bridgehead atoms. The lowest BCUT2D eigenvalue weighted by molar-refractivity contribution is 0.250. The van der Waals surface area contributed by atoms with E-state index in [1.165, 1.54) is 0 Å². The molecule has 0 radical (unpaired) electrons. The van der Waals surface area contributed by atoms with Gasteiger partial charge < -0.3 is 9.67 Å². The van der Waals surface area contributed by atoms with Crippen LogP contribution in [0.5, 0.6) is 0 Å². The number of rotatable bonds is 2. The molecule has 0 aliphatic rings. The topological polar surface area (TPSA) is 50.9 Å². The highest BCUT2D eigenvalue weighted by atomic mass is 79.9. The monoisotopic (exact) mass is 387 g/mol. The molecular weight excluding hydrogens is 374 g/mol. The molecule has 6 heteroatoms. The lowest BCUT2D eigenvalue weighted by Gasteiger charge is -2.25. The van der Waals surface area contributed by atoms with Crippen LogP contribution in [0.2, 0.25) is 0 Å². The first-order chi connectivity index (χ1) is 8.84. The van der Waals surface area contributed by atoms with Crippen molar-refractivity contribution in [3.05, 3.63) is 33.0 Å². The van der Waals surface area contributed by atoms with Gasteiger partial charge in [0.1, 0.15) is 6.61 Å². The molecule has 2 rings (SSSR count). The van der Waals surface area contributed by atoms with Gasteiger partial charge in [-0.2, -0.15) is 0 Å². The molecule has 1 aromatic heterocycles. The normalized spacial score (nSPS) is 11.9. The third-order valence-corrected chi connectivity index (χ3v) is 3.90. The second kappa shape index (κ2) is 5.34. The Morgan fingerprint density at radius 3 is 2.47 bits per heavy atom. The fourth-order valence-corrected chi connectivity index (χ4v) is 2.75. The van der Waals surface area contributed by atoms with Crippen molar-refractivity contribution >= 4 is 31.9 Å². The van der Waals surface area contributed by atoms with Crippen LogP contribution in [-0.2, 0) is 12.1 Å². The van der Waals surface area contributed by atoms with Gasteiger partial charge in [0.25, 0.3) is 0 Å². The minimum absolute atomic E-state index is 0.129. The maximum absolute atomic E-state index is 9.42. The second-order valence-electron chi connectivity index (χ2n) is 5.23. The molecule has 19 heavy (non-hydrogen) atoms. The van der Waals surface area contributed by atoms with Gasteiger partial charge >= 0.3 is 0 Å². The molecule has 0 unspecified atom stereocenters. The Morgan fingerprint density at radius 2 is 1.89 bits per heavy atom. The summed E-state index contributed by atoms with van der Waals surface area (Å²) in [7, 11) is 0. The van der Waals surface area contributed by atoms with Crippen LogP contribution in [0.1, 0.15) is 26.6 Å². The first kappa shape index (κ1) is 14.7. The van der Waals surface area contributed by atoms with Crippen LogP contribution in [0.4, 0.5) is 0 Å². The number of hydrogen-bond donors (Lipinski definition) is 1. The number of benzene rings is 1. The van der Waals surface area contributed by atoms with E-state index < -0.39 is 0 Å². The van der Waals surface area contributed by atoms with Crippen molar-refractivity contribution in [2.24, 2.45) is 0 Å². The molecule has 0 saturated carbocycles. The van der Waals surface area contributed by atoms with Gasteiger partial charge in [-0.25, -0.2) is 0 Å². The molecule has 0 aliphatic heterocycles. The Bertz CT molecular complexity index is 602. The van der Waals surface area contributed by atoms with Crippen molar-refractivity contribution < 1.29 is 5.11 Å². The summed E-state index contributed by atoms with van der Waals surface area (Å²) in [6.07, 6.45) is 0. The summed E-state index contributed by atoms with van der Waals surface area (Å²) in [6.45, 7) is 6.05. The highest BCUT2D eigenvalue weighted by Gasteiger charge is 2.24. The van der Waals surface area contributed by atoms with E-state index in [9.17, 15) is 5.11 Å². The Balaban J connectivity index is 2.69. The van der Waals surface area contributed by atoms with Gasteiger partial charge in [-0.1, -0.05) is 31.9 Å². The third-order valence-electron chi connectivity index (χ3n) is 2.71. The second-order valence-corrected chi connectivity index (χ2v) is 7.00. The zero-order valence-corrected chi connectivity index (χ0v) is 14.2. The van der Waals surface area contributed by atoms with E-state index in [2.05, 4.69) is 62.8 Å². The highest BCUT2D eigenvalue weighted by Crippen LogP contribution is 2.33. The molecular formula is C13H15Br2N3O. The Morgan fingerprint density at radius 1 is 1.21 bits per heavy atom. The minimum Gasteiger partial charge on any atom is -0.388 e. The van der Waals surface area contributed by atoms with E-state index in [0.29, 0.717) is 5.82 Å². The minimum atomic E-state index is -0.210. The summed E-state index contributed by atoms with van der Waals surface area (Å²) < 4.78 is 3.87. The van der Waals surface area contributed by atoms with Crippen LogP contribution in [0, 0.1) is 0 Å². The number of aliphatic hydroxyl groups excluding tert-OH is 1. The van der Waals surface area contributed by atoms with Gasteiger partial charge in [-0.15, -0.1) is 10.2 Å². The lowest BCUT2D eigenvalue weighted by atomic mass is 10.1. The zero-order chi connectivity index (χ0) is 14.2. The molecule has 0 atom stereocenters. The van der Waals surface area contributed by atoms with E-state index in [1.54, 1.807) is 0 Å². The van der Waals surface area contributed by atoms with E-state index >= 15 is 0 Å². The summed E-state index contributed by atoms with van der Waals surface area (Å²) in [4.78, 5) is 0. The standard InChI is InChI=1S/C13H15Br2N3O/c1-13(2,3)18-11(7-19)16-17-12(18)9-6-8(14)4-5-10(9)15/h4-6,19H,7H2,1-3H3. The maximum Gasteiger partial charge on any atom is 0.165 e. The molecule has 0 amide bonds. The third kappa shape index (κ3) is 2.90. The van der Waals surface area contributed by atoms with Gasteiger partial charge in [-0.05, 0) is 39.0 Å². The average molecular weight is 389 g/mol. The summed E-state index contributed by atoms with van der Waals surface area (Å²) in [5, 5.41) is 17.7. The molecule has 4 nitrogen and oxygen atoms in total. The Kier molecular flexibility index (Phi) is 4.13. The quantitative estimate of drug-likeness (QED) is 0.852. The van der Waals surface area contributed by atoms with Gasteiger partial charge in [0.15, 0.2) is 11.6 Å². The van der Waals surface area contributed by atoms with Gasteiger partial charge in [0.05, 0.1) is 0 Å². The van der Waals surface area contributed by atoms with Crippen molar-refractivity contribution in [3.63, 3.8) is 0 Å². The number of nitrogens with zero attached hydrogens (tertiary/aromatic N) is 3. The first-order valence-corrected chi connectivity index (χ1v) is 7.44. The molecule has 0 aliphatic carbocycles. The Labute approximate surface area is 129 Å². The van der Waals surface area contributed by atoms with Crippen LogP contribution in [-0.4, -0.2) is 19.9 Å². The molecule has 1 N–H and O–H groups in total. The lowest BCUT2D eigenvalue weighted by Crippen LogP contribution is -2.25. The van der Waals surface area contributed by atoms with Crippen LogP contribution >= 0.6 is 31.9 Å².